The monoisotopic (exact) mass is 320 g/mol. The Labute approximate surface area is 132 Å². The summed E-state index contributed by atoms with van der Waals surface area (Å²) in [5, 5.41) is 3.05. The van der Waals surface area contributed by atoms with E-state index in [0.717, 1.165) is 24.4 Å². The minimum absolute atomic E-state index is 0.0615. The van der Waals surface area contributed by atoms with E-state index < -0.39 is 0 Å². The summed E-state index contributed by atoms with van der Waals surface area (Å²) in [6.07, 6.45) is 3.83. The van der Waals surface area contributed by atoms with E-state index in [-0.39, 0.29) is 18.3 Å². The Morgan fingerprint density at radius 3 is 3.18 bits per heavy atom. The molecule has 1 aliphatic heterocycles. The molecule has 4 nitrogen and oxygen atoms in total. The van der Waals surface area contributed by atoms with E-state index in [0.29, 0.717) is 18.2 Å². The number of aromatic nitrogens is 1. The molecule has 1 aromatic carbocycles. The van der Waals surface area contributed by atoms with Gasteiger partial charge in [0.15, 0.2) is 6.61 Å². The van der Waals surface area contributed by atoms with Gasteiger partial charge in [0.25, 0.3) is 5.91 Å². The van der Waals surface area contributed by atoms with Gasteiger partial charge < -0.3 is 9.64 Å². The van der Waals surface area contributed by atoms with Crippen LogP contribution >= 0.6 is 11.3 Å². The van der Waals surface area contributed by atoms with Gasteiger partial charge in [0.2, 0.25) is 0 Å². The second-order valence-electron chi connectivity index (χ2n) is 5.30. The SMILES string of the molecule is O=C(COc1cccc(F)c1)N1CCCC(c2nccs2)C1. The van der Waals surface area contributed by atoms with Crippen LogP contribution in [0.25, 0.3) is 0 Å². The maximum absolute atomic E-state index is 13.1. The predicted molar refractivity (Wildman–Crippen MR) is 82.6 cm³/mol. The van der Waals surface area contributed by atoms with E-state index in [1.54, 1.807) is 29.7 Å². The molecular formula is C16H17FN2O2S. The number of carbonyl (C=O) groups excluding carboxylic acids is 1. The lowest BCUT2D eigenvalue weighted by Crippen LogP contribution is -2.41. The smallest absolute Gasteiger partial charge is 0.260 e. The number of thiazole rings is 1. The van der Waals surface area contributed by atoms with Crippen LogP contribution in [0.15, 0.2) is 35.8 Å². The highest BCUT2D eigenvalue weighted by Crippen LogP contribution is 2.28. The molecule has 0 radical (unpaired) electrons. The normalized spacial score (nSPS) is 18.2. The number of benzene rings is 1. The first kappa shape index (κ1) is 15.0. The number of nitrogens with zero attached hydrogens (tertiary/aromatic N) is 2. The summed E-state index contributed by atoms with van der Waals surface area (Å²) >= 11 is 1.63. The quantitative estimate of drug-likeness (QED) is 0.869. The second-order valence-corrected chi connectivity index (χ2v) is 6.22. The lowest BCUT2D eigenvalue weighted by atomic mass is 9.99. The van der Waals surface area contributed by atoms with Crippen molar-refractivity contribution in [3.63, 3.8) is 0 Å². The summed E-state index contributed by atoms with van der Waals surface area (Å²) in [6, 6.07) is 5.83. The number of halogens is 1. The van der Waals surface area contributed by atoms with Crippen molar-refractivity contribution in [2.75, 3.05) is 19.7 Å². The van der Waals surface area contributed by atoms with Gasteiger partial charge in [-0.15, -0.1) is 11.3 Å². The van der Waals surface area contributed by atoms with Crippen LogP contribution in [0.3, 0.4) is 0 Å². The van der Waals surface area contributed by atoms with E-state index in [1.165, 1.54) is 12.1 Å². The topological polar surface area (TPSA) is 42.4 Å². The average Bonchev–Trinajstić information content (AvgIpc) is 3.07. The van der Waals surface area contributed by atoms with Crippen molar-refractivity contribution in [3.8, 4) is 5.75 Å². The van der Waals surface area contributed by atoms with E-state index in [1.807, 2.05) is 10.3 Å². The molecule has 0 aliphatic carbocycles. The Hall–Kier alpha value is -1.95. The van der Waals surface area contributed by atoms with Gasteiger partial charge in [0.1, 0.15) is 11.6 Å². The zero-order valence-corrected chi connectivity index (χ0v) is 12.9. The van der Waals surface area contributed by atoms with E-state index in [4.69, 9.17) is 4.74 Å². The highest BCUT2D eigenvalue weighted by molar-refractivity contribution is 7.09. The van der Waals surface area contributed by atoms with Gasteiger partial charge >= 0.3 is 0 Å². The number of hydrogen-bond donors (Lipinski definition) is 0. The Morgan fingerprint density at radius 1 is 1.50 bits per heavy atom. The van der Waals surface area contributed by atoms with Gasteiger partial charge in [-0.1, -0.05) is 6.07 Å². The molecule has 1 aromatic heterocycles. The highest BCUT2D eigenvalue weighted by atomic mass is 32.1. The third-order valence-corrected chi connectivity index (χ3v) is 4.67. The number of amides is 1. The number of ether oxygens (including phenoxy) is 1. The fourth-order valence-electron chi connectivity index (χ4n) is 2.63. The largest absolute Gasteiger partial charge is 0.484 e. The van der Waals surface area contributed by atoms with E-state index >= 15 is 0 Å². The van der Waals surface area contributed by atoms with Crippen molar-refractivity contribution in [1.82, 2.24) is 9.88 Å². The molecule has 1 fully saturated rings. The van der Waals surface area contributed by atoms with Crippen LogP contribution in [0.5, 0.6) is 5.75 Å². The zero-order valence-electron chi connectivity index (χ0n) is 12.1. The van der Waals surface area contributed by atoms with Crippen LogP contribution in [-0.2, 0) is 4.79 Å². The highest BCUT2D eigenvalue weighted by Gasteiger charge is 2.26. The summed E-state index contributed by atoms with van der Waals surface area (Å²) in [5.74, 6) is 0.256. The maximum Gasteiger partial charge on any atom is 0.260 e. The molecule has 1 saturated heterocycles. The van der Waals surface area contributed by atoms with Crippen LogP contribution in [0.4, 0.5) is 4.39 Å². The van der Waals surface area contributed by atoms with Crippen molar-refractivity contribution >= 4 is 17.2 Å². The predicted octanol–water partition coefficient (Wildman–Crippen LogP) is 3.07. The van der Waals surface area contributed by atoms with E-state index in [2.05, 4.69) is 4.98 Å². The fraction of sp³-hybridized carbons (Fsp3) is 0.375. The lowest BCUT2D eigenvalue weighted by Gasteiger charge is -2.31. The molecule has 1 atom stereocenters. The molecule has 1 unspecified atom stereocenters. The summed E-state index contributed by atoms with van der Waals surface area (Å²) in [7, 11) is 0. The Kier molecular flexibility index (Phi) is 4.68. The van der Waals surface area contributed by atoms with Crippen LogP contribution in [0, 0.1) is 5.82 Å². The van der Waals surface area contributed by atoms with Crippen LogP contribution < -0.4 is 4.74 Å². The van der Waals surface area contributed by atoms with Crippen molar-refractivity contribution in [1.29, 1.82) is 0 Å². The summed E-state index contributed by atoms with van der Waals surface area (Å²) in [5.41, 5.74) is 0. The molecule has 2 heterocycles. The standard InChI is InChI=1S/C16H17FN2O2S/c17-13-4-1-5-14(9-13)21-11-15(20)19-7-2-3-12(10-19)16-18-6-8-22-16/h1,4-6,8-9,12H,2-3,7,10-11H2. The molecule has 0 saturated carbocycles. The number of carbonyl (C=O) groups is 1. The first-order valence-electron chi connectivity index (χ1n) is 7.28. The molecule has 22 heavy (non-hydrogen) atoms. The van der Waals surface area contributed by atoms with Crippen molar-refractivity contribution < 1.29 is 13.9 Å². The summed E-state index contributed by atoms with van der Waals surface area (Å²) < 4.78 is 18.5. The number of rotatable bonds is 4. The third-order valence-electron chi connectivity index (χ3n) is 3.73. The fourth-order valence-corrected chi connectivity index (χ4v) is 3.40. The average molecular weight is 320 g/mol. The van der Waals surface area contributed by atoms with E-state index in [9.17, 15) is 9.18 Å². The van der Waals surface area contributed by atoms with Gasteiger partial charge in [-0.05, 0) is 25.0 Å². The second kappa shape index (κ2) is 6.87. The Balaban J connectivity index is 1.55. The van der Waals surface area contributed by atoms with Crippen LogP contribution in [-0.4, -0.2) is 35.5 Å². The number of piperidine rings is 1. The zero-order chi connectivity index (χ0) is 15.4. The van der Waals surface area contributed by atoms with Gasteiger partial charge in [-0.25, -0.2) is 9.37 Å². The molecule has 0 bridgehead atoms. The Bertz CT molecular complexity index is 633. The maximum atomic E-state index is 13.1. The van der Waals surface area contributed by atoms with Gasteiger partial charge in [0.05, 0.1) is 5.01 Å². The minimum Gasteiger partial charge on any atom is -0.484 e. The Morgan fingerprint density at radius 2 is 2.41 bits per heavy atom. The van der Waals surface area contributed by atoms with Gasteiger partial charge in [-0.2, -0.15) is 0 Å². The molecule has 0 N–H and O–H groups in total. The molecule has 1 amide bonds. The molecule has 6 heteroatoms. The first-order valence-corrected chi connectivity index (χ1v) is 8.16. The molecule has 116 valence electrons. The van der Waals surface area contributed by atoms with Crippen molar-refractivity contribution in [3.05, 3.63) is 46.7 Å². The van der Waals surface area contributed by atoms with Gasteiger partial charge in [-0.3, -0.25) is 4.79 Å². The summed E-state index contributed by atoms with van der Waals surface area (Å²) in [6.45, 7) is 1.36. The molecule has 3 rings (SSSR count). The van der Waals surface area contributed by atoms with Gasteiger partial charge in [0, 0.05) is 36.7 Å². The molecule has 1 aliphatic rings. The number of likely N-dealkylation sites (tertiary alicyclic amines) is 1. The molecule has 2 aromatic rings. The molecular weight excluding hydrogens is 303 g/mol. The third kappa shape index (κ3) is 3.62. The minimum atomic E-state index is -0.369. The van der Waals surface area contributed by atoms with Crippen molar-refractivity contribution in [2.24, 2.45) is 0 Å². The molecule has 0 spiro atoms. The van der Waals surface area contributed by atoms with Crippen LogP contribution in [0.1, 0.15) is 23.8 Å². The summed E-state index contributed by atoms with van der Waals surface area (Å²) in [4.78, 5) is 18.4. The van der Waals surface area contributed by atoms with Crippen LogP contribution in [0.2, 0.25) is 0 Å². The lowest BCUT2D eigenvalue weighted by molar-refractivity contribution is -0.134. The van der Waals surface area contributed by atoms with Crippen molar-refractivity contribution in [2.45, 2.75) is 18.8 Å². The first-order chi connectivity index (χ1) is 10.7. The number of hydrogen-bond acceptors (Lipinski definition) is 4.